The maximum atomic E-state index is 14.2. The van der Waals surface area contributed by atoms with Crippen LogP contribution in [0.15, 0.2) is 82.8 Å². The number of sulfonamides is 1. The molecular weight excluding hydrogens is 429 g/mol. The fourth-order valence-corrected chi connectivity index (χ4v) is 4.40. The number of hydrogen-bond acceptors (Lipinski definition) is 4. The van der Waals surface area contributed by atoms with Crippen molar-refractivity contribution in [3.63, 3.8) is 0 Å². The molecule has 0 saturated carbocycles. The standard InChI is InChI=1S/C24H24FN3O3S/c1-18-10-12-22(13-11-18)32(30,31)28(16-21-8-3-4-9-23(21)25)17-24(29)27-26-15-20-7-5-6-19(2)14-20/h3-15H,16-17H2,1-2H3,(H,27,29)/b26-15-. The fourth-order valence-electron chi connectivity index (χ4n) is 3.03. The van der Waals surface area contributed by atoms with Crippen LogP contribution in [0.4, 0.5) is 4.39 Å². The molecule has 1 N–H and O–H groups in total. The number of rotatable bonds is 8. The highest BCUT2D eigenvalue weighted by Crippen LogP contribution is 2.20. The number of amides is 1. The highest BCUT2D eigenvalue weighted by Gasteiger charge is 2.27. The molecule has 0 aromatic heterocycles. The third-order valence-corrected chi connectivity index (χ3v) is 6.53. The van der Waals surface area contributed by atoms with Crippen molar-refractivity contribution in [2.24, 2.45) is 5.10 Å². The minimum absolute atomic E-state index is 0.0236. The van der Waals surface area contributed by atoms with E-state index in [1.807, 2.05) is 38.1 Å². The van der Waals surface area contributed by atoms with Crippen LogP contribution in [0, 0.1) is 19.7 Å². The van der Waals surface area contributed by atoms with Gasteiger partial charge in [-0.15, -0.1) is 0 Å². The number of hydrogen-bond donors (Lipinski definition) is 1. The van der Waals surface area contributed by atoms with Crippen molar-refractivity contribution in [2.75, 3.05) is 6.54 Å². The molecule has 0 unspecified atom stereocenters. The first kappa shape index (κ1) is 23.3. The Bertz CT molecular complexity index is 1230. The SMILES string of the molecule is Cc1ccc(S(=O)(=O)N(CC(=O)N/N=C\c2cccc(C)c2)Cc2ccccc2F)cc1. The first-order chi connectivity index (χ1) is 15.3. The first-order valence-electron chi connectivity index (χ1n) is 9.94. The lowest BCUT2D eigenvalue weighted by Crippen LogP contribution is -2.39. The average molecular weight is 454 g/mol. The van der Waals surface area contributed by atoms with Crippen LogP contribution in [-0.4, -0.2) is 31.4 Å². The van der Waals surface area contributed by atoms with Gasteiger partial charge in [-0.3, -0.25) is 4.79 Å². The lowest BCUT2D eigenvalue weighted by atomic mass is 10.2. The number of carbonyl (C=O) groups is 1. The van der Waals surface area contributed by atoms with E-state index in [9.17, 15) is 17.6 Å². The average Bonchev–Trinajstić information content (AvgIpc) is 2.75. The summed E-state index contributed by atoms with van der Waals surface area (Å²) in [5.74, 6) is -1.18. The lowest BCUT2D eigenvalue weighted by molar-refractivity contribution is -0.121. The van der Waals surface area contributed by atoms with Crippen molar-refractivity contribution in [1.82, 2.24) is 9.73 Å². The van der Waals surface area contributed by atoms with E-state index >= 15 is 0 Å². The molecule has 0 heterocycles. The molecule has 0 radical (unpaired) electrons. The monoisotopic (exact) mass is 453 g/mol. The molecule has 3 aromatic rings. The molecule has 0 saturated heterocycles. The van der Waals surface area contributed by atoms with E-state index in [1.54, 1.807) is 18.2 Å². The molecule has 6 nitrogen and oxygen atoms in total. The molecule has 0 aliphatic carbocycles. The topological polar surface area (TPSA) is 78.8 Å². The Hall–Kier alpha value is -3.36. The maximum Gasteiger partial charge on any atom is 0.255 e. The van der Waals surface area contributed by atoms with E-state index in [0.29, 0.717) is 0 Å². The number of hydrazone groups is 1. The second-order valence-electron chi connectivity index (χ2n) is 7.38. The Labute approximate surface area is 187 Å². The van der Waals surface area contributed by atoms with Gasteiger partial charge in [0.1, 0.15) is 5.82 Å². The number of nitrogens with one attached hydrogen (secondary N) is 1. The van der Waals surface area contributed by atoms with Crippen molar-refractivity contribution in [1.29, 1.82) is 0 Å². The van der Waals surface area contributed by atoms with Crippen molar-refractivity contribution in [3.05, 3.63) is 101 Å². The van der Waals surface area contributed by atoms with E-state index in [1.165, 1.54) is 36.5 Å². The lowest BCUT2D eigenvalue weighted by Gasteiger charge is -2.22. The number of aryl methyl sites for hydroxylation is 2. The van der Waals surface area contributed by atoms with Gasteiger partial charge in [0.15, 0.2) is 0 Å². The zero-order chi connectivity index (χ0) is 23.1. The van der Waals surface area contributed by atoms with Crippen molar-refractivity contribution in [3.8, 4) is 0 Å². The van der Waals surface area contributed by atoms with Gasteiger partial charge in [0.05, 0.1) is 17.7 Å². The Morgan fingerprint density at radius 1 is 1.00 bits per heavy atom. The largest absolute Gasteiger partial charge is 0.272 e. The van der Waals surface area contributed by atoms with Gasteiger partial charge < -0.3 is 0 Å². The Morgan fingerprint density at radius 2 is 1.72 bits per heavy atom. The molecule has 8 heteroatoms. The second kappa shape index (κ2) is 10.3. The second-order valence-corrected chi connectivity index (χ2v) is 9.32. The minimum atomic E-state index is -4.06. The summed E-state index contributed by atoms with van der Waals surface area (Å²) < 4.78 is 41.6. The molecule has 166 valence electrons. The third kappa shape index (κ3) is 6.09. The number of benzene rings is 3. The van der Waals surface area contributed by atoms with Crippen molar-refractivity contribution >= 4 is 22.1 Å². The fraction of sp³-hybridized carbons (Fsp3) is 0.167. The van der Waals surface area contributed by atoms with Crippen LogP contribution in [0.3, 0.4) is 0 Å². The van der Waals surface area contributed by atoms with Gasteiger partial charge in [0.2, 0.25) is 10.0 Å². The summed E-state index contributed by atoms with van der Waals surface area (Å²) in [5.41, 5.74) is 5.24. The molecule has 0 spiro atoms. The van der Waals surface area contributed by atoms with E-state index < -0.39 is 28.3 Å². The predicted octanol–water partition coefficient (Wildman–Crippen LogP) is 3.78. The van der Waals surface area contributed by atoms with Gasteiger partial charge >= 0.3 is 0 Å². The van der Waals surface area contributed by atoms with Gasteiger partial charge in [-0.1, -0.05) is 65.7 Å². The van der Waals surface area contributed by atoms with Gasteiger partial charge in [-0.05, 0) is 37.6 Å². The summed E-state index contributed by atoms with van der Waals surface area (Å²) in [5, 5.41) is 3.91. The summed E-state index contributed by atoms with van der Waals surface area (Å²) >= 11 is 0. The Morgan fingerprint density at radius 3 is 2.41 bits per heavy atom. The highest BCUT2D eigenvalue weighted by molar-refractivity contribution is 7.89. The van der Waals surface area contributed by atoms with Gasteiger partial charge in [0.25, 0.3) is 5.91 Å². The smallest absolute Gasteiger partial charge is 0.255 e. The van der Waals surface area contributed by atoms with E-state index in [2.05, 4.69) is 10.5 Å². The van der Waals surface area contributed by atoms with Crippen molar-refractivity contribution in [2.45, 2.75) is 25.3 Å². The molecule has 3 rings (SSSR count). The first-order valence-corrected chi connectivity index (χ1v) is 11.4. The van der Waals surface area contributed by atoms with Crippen LogP contribution in [-0.2, 0) is 21.4 Å². The van der Waals surface area contributed by atoms with Crippen LogP contribution in [0.2, 0.25) is 0 Å². The van der Waals surface area contributed by atoms with E-state index in [4.69, 9.17) is 0 Å². The zero-order valence-electron chi connectivity index (χ0n) is 17.8. The molecule has 3 aromatic carbocycles. The van der Waals surface area contributed by atoms with Gasteiger partial charge in [0, 0.05) is 12.1 Å². The Kier molecular flexibility index (Phi) is 7.50. The summed E-state index contributed by atoms with van der Waals surface area (Å²) in [6, 6.07) is 19.7. The van der Waals surface area contributed by atoms with Crippen LogP contribution in [0.5, 0.6) is 0 Å². The minimum Gasteiger partial charge on any atom is -0.272 e. The van der Waals surface area contributed by atoms with Crippen molar-refractivity contribution < 1.29 is 17.6 Å². The number of halogens is 1. The molecule has 0 aliphatic rings. The quantitative estimate of drug-likeness (QED) is 0.416. The molecule has 0 fully saturated rings. The summed E-state index contributed by atoms with van der Waals surface area (Å²) in [7, 11) is -4.06. The number of carbonyl (C=O) groups excluding carboxylic acids is 1. The highest BCUT2D eigenvalue weighted by atomic mass is 32.2. The summed E-state index contributed by atoms with van der Waals surface area (Å²) in [4.78, 5) is 12.5. The van der Waals surface area contributed by atoms with Crippen LogP contribution < -0.4 is 5.43 Å². The third-order valence-electron chi connectivity index (χ3n) is 4.73. The number of nitrogens with zero attached hydrogens (tertiary/aromatic N) is 2. The normalized spacial score (nSPS) is 11.8. The van der Waals surface area contributed by atoms with E-state index in [0.717, 1.165) is 21.0 Å². The summed E-state index contributed by atoms with van der Waals surface area (Å²) in [6.07, 6.45) is 1.47. The summed E-state index contributed by atoms with van der Waals surface area (Å²) in [6.45, 7) is 2.97. The molecule has 32 heavy (non-hydrogen) atoms. The zero-order valence-corrected chi connectivity index (χ0v) is 18.6. The van der Waals surface area contributed by atoms with Gasteiger partial charge in [-0.2, -0.15) is 9.41 Å². The van der Waals surface area contributed by atoms with Crippen LogP contribution >= 0.6 is 0 Å². The van der Waals surface area contributed by atoms with E-state index in [-0.39, 0.29) is 17.0 Å². The Balaban J connectivity index is 1.81. The molecule has 0 atom stereocenters. The predicted molar refractivity (Wildman–Crippen MR) is 122 cm³/mol. The van der Waals surface area contributed by atoms with Crippen LogP contribution in [0.1, 0.15) is 22.3 Å². The molecule has 0 bridgehead atoms. The van der Waals surface area contributed by atoms with Gasteiger partial charge in [-0.25, -0.2) is 18.2 Å². The molecular formula is C24H24FN3O3S. The van der Waals surface area contributed by atoms with Crippen LogP contribution in [0.25, 0.3) is 0 Å². The molecule has 0 aliphatic heterocycles. The molecule has 1 amide bonds. The maximum absolute atomic E-state index is 14.2.